The van der Waals surface area contributed by atoms with Crippen LogP contribution in [0.25, 0.3) is 0 Å². The average Bonchev–Trinajstić information content (AvgIpc) is 2.15. The molecule has 0 aromatic carbocycles. The van der Waals surface area contributed by atoms with Crippen LogP contribution in [0.2, 0.25) is 0 Å². The molecule has 98 valence electrons. The Balaban J connectivity index is 3.28. The van der Waals surface area contributed by atoms with Gasteiger partial charge in [0.25, 0.3) is 0 Å². The van der Waals surface area contributed by atoms with Crippen LogP contribution in [0, 0.1) is 0 Å². The minimum atomic E-state index is -0.754. The van der Waals surface area contributed by atoms with E-state index < -0.39 is 11.7 Å². The summed E-state index contributed by atoms with van der Waals surface area (Å²) in [6, 6.07) is 0. The van der Waals surface area contributed by atoms with Gasteiger partial charge in [-0.05, 0) is 20.8 Å². The molecule has 1 unspecified atom stereocenters. The van der Waals surface area contributed by atoms with E-state index in [4.69, 9.17) is 9.47 Å². The van der Waals surface area contributed by atoms with Crippen molar-refractivity contribution >= 4 is 0 Å². The van der Waals surface area contributed by atoms with Crippen molar-refractivity contribution in [3.63, 3.8) is 0 Å². The van der Waals surface area contributed by atoms with E-state index in [1.54, 1.807) is 13.8 Å². The highest BCUT2D eigenvalue weighted by molar-refractivity contribution is 4.69. The predicted octanol–water partition coefficient (Wildman–Crippen LogP) is -0.239. The summed E-state index contributed by atoms with van der Waals surface area (Å²) in [5, 5.41) is 21.9. The van der Waals surface area contributed by atoms with Crippen LogP contribution in [-0.2, 0) is 9.47 Å². The van der Waals surface area contributed by atoms with Crippen molar-refractivity contribution in [2.24, 2.45) is 0 Å². The van der Waals surface area contributed by atoms with Crippen LogP contribution in [-0.4, -0.2) is 61.4 Å². The second kappa shape index (κ2) is 8.90. The van der Waals surface area contributed by atoms with E-state index in [0.717, 1.165) is 0 Å². The molecule has 0 saturated carbocycles. The summed E-state index contributed by atoms with van der Waals surface area (Å²) in [5.74, 6) is 0. The molecule has 16 heavy (non-hydrogen) atoms. The van der Waals surface area contributed by atoms with Crippen LogP contribution in [0.4, 0.5) is 0 Å². The Labute approximate surface area is 97.8 Å². The van der Waals surface area contributed by atoms with Crippen molar-refractivity contribution in [2.75, 3.05) is 39.5 Å². The molecule has 0 aromatic rings. The van der Waals surface area contributed by atoms with Crippen LogP contribution < -0.4 is 5.32 Å². The first-order chi connectivity index (χ1) is 7.45. The summed E-state index contributed by atoms with van der Waals surface area (Å²) in [7, 11) is 0. The average molecular weight is 235 g/mol. The number of hydrogen-bond acceptors (Lipinski definition) is 5. The van der Waals surface area contributed by atoms with Gasteiger partial charge in [0.1, 0.15) is 0 Å². The molecular formula is C11H25NO4. The fourth-order valence-electron chi connectivity index (χ4n) is 1.09. The lowest BCUT2D eigenvalue weighted by Crippen LogP contribution is -2.39. The SMILES string of the molecule is CCOCCOCC(O)CNCC(C)(C)O. The van der Waals surface area contributed by atoms with E-state index in [1.807, 2.05) is 6.92 Å². The molecule has 0 heterocycles. The third-order valence-corrected chi connectivity index (χ3v) is 1.82. The van der Waals surface area contributed by atoms with Gasteiger partial charge in [-0.15, -0.1) is 0 Å². The van der Waals surface area contributed by atoms with Crippen LogP contribution in [0.5, 0.6) is 0 Å². The van der Waals surface area contributed by atoms with Crippen LogP contribution in [0.15, 0.2) is 0 Å². The standard InChI is InChI=1S/C11H25NO4/c1-4-15-5-6-16-8-10(13)7-12-9-11(2,3)14/h10,12-14H,4-9H2,1-3H3. The van der Waals surface area contributed by atoms with E-state index in [0.29, 0.717) is 32.9 Å². The molecule has 0 aromatic heterocycles. The molecule has 0 aliphatic rings. The number of hydrogen-bond donors (Lipinski definition) is 3. The van der Waals surface area contributed by atoms with Gasteiger partial charge in [-0.2, -0.15) is 0 Å². The minimum absolute atomic E-state index is 0.284. The largest absolute Gasteiger partial charge is 0.389 e. The van der Waals surface area contributed by atoms with Crippen LogP contribution in [0.3, 0.4) is 0 Å². The van der Waals surface area contributed by atoms with Gasteiger partial charge >= 0.3 is 0 Å². The zero-order valence-corrected chi connectivity index (χ0v) is 10.5. The Hall–Kier alpha value is -0.200. The molecule has 5 heteroatoms. The van der Waals surface area contributed by atoms with E-state index in [9.17, 15) is 10.2 Å². The molecular weight excluding hydrogens is 210 g/mol. The molecule has 0 spiro atoms. The summed E-state index contributed by atoms with van der Waals surface area (Å²) >= 11 is 0. The Kier molecular flexibility index (Phi) is 8.78. The molecule has 0 rings (SSSR count). The first kappa shape index (κ1) is 15.8. The molecule has 1 atom stereocenters. The fourth-order valence-corrected chi connectivity index (χ4v) is 1.09. The van der Waals surface area contributed by atoms with Gasteiger partial charge in [0.15, 0.2) is 0 Å². The first-order valence-corrected chi connectivity index (χ1v) is 5.72. The highest BCUT2D eigenvalue weighted by atomic mass is 16.5. The van der Waals surface area contributed by atoms with E-state index >= 15 is 0 Å². The number of ether oxygens (including phenoxy) is 2. The van der Waals surface area contributed by atoms with Crippen molar-refractivity contribution in [1.82, 2.24) is 5.32 Å². The quantitative estimate of drug-likeness (QED) is 0.456. The summed E-state index contributed by atoms with van der Waals surface area (Å²) in [5.41, 5.74) is -0.754. The normalized spacial score (nSPS) is 14.1. The zero-order chi connectivity index (χ0) is 12.4. The van der Waals surface area contributed by atoms with Gasteiger partial charge in [-0.1, -0.05) is 0 Å². The smallest absolute Gasteiger partial charge is 0.0897 e. The molecule has 0 radical (unpaired) electrons. The second-order valence-electron chi connectivity index (χ2n) is 4.37. The van der Waals surface area contributed by atoms with Gasteiger partial charge in [0.2, 0.25) is 0 Å². The number of aliphatic hydroxyl groups excluding tert-OH is 1. The molecule has 5 nitrogen and oxygen atoms in total. The fraction of sp³-hybridized carbons (Fsp3) is 1.00. The maximum atomic E-state index is 9.49. The molecule has 0 aliphatic heterocycles. The van der Waals surface area contributed by atoms with E-state index in [1.165, 1.54) is 0 Å². The van der Waals surface area contributed by atoms with Crippen molar-refractivity contribution in [2.45, 2.75) is 32.5 Å². The molecule has 0 aliphatic carbocycles. The van der Waals surface area contributed by atoms with E-state index in [-0.39, 0.29) is 6.61 Å². The van der Waals surface area contributed by atoms with Gasteiger partial charge in [-0.25, -0.2) is 0 Å². The molecule has 0 saturated heterocycles. The predicted molar refractivity (Wildman–Crippen MR) is 62.5 cm³/mol. The summed E-state index contributed by atoms with van der Waals surface area (Å²) in [4.78, 5) is 0. The van der Waals surface area contributed by atoms with Gasteiger partial charge in [-0.3, -0.25) is 0 Å². The maximum absolute atomic E-state index is 9.49. The lowest BCUT2D eigenvalue weighted by Gasteiger charge is -2.19. The number of nitrogens with one attached hydrogen (secondary N) is 1. The first-order valence-electron chi connectivity index (χ1n) is 5.72. The second-order valence-corrected chi connectivity index (χ2v) is 4.37. The number of rotatable bonds is 10. The lowest BCUT2D eigenvalue weighted by atomic mass is 10.1. The highest BCUT2D eigenvalue weighted by Crippen LogP contribution is 1.97. The maximum Gasteiger partial charge on any atom is 0.0897 e. The van der Waals surface area contributed by atoms with Crippen molar-refractivity contribution < 1.29 is 19.7 Å². The minimum Gasteiger partial charge on any atom is -0.389 e. The topological polar surface area (TPSA) is 71.0 Å². The van der Waals surface area contributed by atoms with Crippen molar-refractivity contribution in [3.8, 4) is 0 Å². The Morgan fingerprint density at radius 1 is 1.25 bits per heavy atom. The van der Waals surface area contributed by atoms with Gasteiger partial charge in [0.05, 0.1) is 31.5 Å². The number of aliphatic hydroxyl groups is 2. The van der Waals surface area contributed by atoms with Gasteiger partial charge < -0.3 is 25.0 Å². The molecule has 0 fully saturated rings. The van der Waals surface area contributed by atoms with Crippen LogP contribution >= 0.6 is 0 Å². The van der Waals surface area contributed by atoms with Crippen LogP contribution in [0.1, 0.15) is 20.8 Å². The Bertz CT molecular complexity index is 159. The lowest BCUT2D eigenvalue weighted by molar-refractivity contribution is 0.00400. The highest BCUT2D eigenvalue weighted by Gasteiger charge is 2.12. The van der Waals surface area contributed by atoms with Crippen molar-refractivity contribution in [1.29, 1.82) is 0 Å². The molecule has 3 N–H and O–H groups in total. The van der Waals surface area contributed by atoms with Gasteiger partial charge in [0, 0.05) is 19.7 Å². The molecule has 0 amide bonds. The summed E-state index contributed by atoms with van der Waals surface area (Å²) < 4.78 is 10.3. The molecule has 0 bridgehead atoms. The third kappa shape index (κ3) is 11.9. The Morgan fingerprint density at radius 3 is 2.44 bits per heavy atom. The van der Waals surface area contributed by atoms with E-state index in [2.05, 4.69) is 5.32 Å². The Morgan fingerprint density at radius 2 is 1.88 bits per heavy atom. The summed E-state index contributed by atoms with van der Waals surface area (Å²) in [6.07, 6.45) is -0.552. The van der Waals surface area contributed by atoms with Crippen molar-refractivity contribution in [3.05, 3.63) is 0 Å². The third-order valence-electron chi connectivity index (χ3n) is 1.82. The monoisotopic (exact) mass is 235 g/mol. The summed E-state index contributed by atoms with van der Waals surface area (Å²) in [6.45, 7) is 8.23. The zero-order valence-electron chi connectivity index (χ0n) is 10.5.